The van der Waals surface area contributed by atoms with Crippen molar-refractivity contribution in [2.75, 3.05) is 17.1 Å². The molecule has 0 saturated heterocycles. The van der Waals surface area contributed by atoms with Crippen molar-refractivity contribution in [2.45, 2.75) is 70.5 Å². The Morgan fingerprint density at radius 1 is 1.05 bits per heavy atom. The van der Waals surface area contributed by atoms with Gasteiger partial charge in [0.05, 0.1) is 11.9 Å². The Hall–Kier alpha value is -3.01. The van der Waals surface area contributed by atoms with Gasteiger partial charge in [-0.2, -0.15) is 0 Å². The largest absolute Gasteiger partial charge is 0.352 e. The van der Waals surface area contributed by atoms with Crippen LogP contribution in [0.2, 0.25) is 0 Å². The van der Waals surface area contributed by atoms with Crippen LogP contribution in [-0.4, -0.2) is 50.0 Å². The molecule has 1 saturated carbocycles. The predicted molar refractivity (Wildman–Crippen MR) is 139 cm³/mol. The van der Waals surface area contributed by atoms with Gasteiger partial charge in [0, 0.05) is 31.6 Å². The summed E-state index contributed by atoms with van der Waals surface area (Å²) in [4.78, 5) is 28.1. The van der Waals surface area contributed by atoms with Gasteiger partial charge in [-0.1, -0.05) is 50.1 Å². The van der Waals surface area contributed by atoms with Crippen LogP contribution in [0.1, 0.15) is 57.4 Å². The smallest absolute Gasteiger partial charge is 0.243 e. The van der Waals surface area contributed by atoms with Gasteiger partial charge in [-0.15, -0.1) is 0 Å². The number of carbonyl (C=O) groups excluding carboxylic acids is 2. The molecular formula is C27H35F2N3O4S. The minimum atomic E-state index is -3.81. The van der Waals surface area contributed by atoms with Crippen molar-refractivity contribution in [1.82, 2.24) is 10.2 Å². The molecule has 202 valence electrons. The van der Waals surface area contributed by atoms with E-state index in [0.29, 0.717) is 6.42 Å². The molecule has 2 aromatic rings. The number of amides is 2. The molecule has 0 aromatic heterocycles. The molecule has 1 aliphatic rings. The SMILES string of the molecule is CC[C@@H](C(=O)NC1CCCC1)N(Cc1ccccc1)C(=O)CCCN(c1ccc(F)c(F)c1)S(C)(=O)=O. The molecule has 1 aliphatic carbocycles. The maximum absolute atomic E-state index is 13.7. The zero-order chi connectivity index (χ0) is 27.0. The van der Waals surface area contributed by atoms with E-state index in [1.54, 1.807) is 4.90 Å². The number of nitrogens with one attached hydrogen (secondary N) is 1. The molecule has 3 rings (SSSR count). The van der Waals surface area contributed by atoms with Crippen molar-refractivity contribution < 1.29 is 26.8 Å². The predicted octanol–water partition coefficient (Wildman–Crippen LogP) is 4.38. The lowest BCUT2D eigenvalue weighted by molar-refractivity contribution is -0.141. The van der Waals surface area contributed by atoms with Crippen molar-refractivity contribution in [2.24, 2.45) is 0 Å². The van der Waals surface area contributed by atoms with E-state index in [-0.39, 0.29) is 49.5 Å². The van der Waals surface area contributed by atoms with Crippen LogP contribution in [0.15, 0.2) is 48.5 Å². The lowest BCUT2D eigenvalue weighted by Gasteiger charge is -2.32. The molecule has 1 fully saturated rings. The fourth-order valence-corrected chi connectivity index (χ4v) is 5.67. The highest BCUT2D eigenvalue weighted by Gasteiger charge is 2.30. The van der Waals surface area contributed by atoms with Gasteiger partial charge in [0.15, 0.2) is 11.6 Å². The second-order valence-electron chi connectivity index (χ2n) is 9.46. The van der Waals surface area contributed by atoms with Crippen LogP contribution >= 0.6 is 0 Å². The fourth-order valence-electron chi connectivity index (χ4n) is 4.71. The maximum Gasteiger partial charge on any atom is 0.243 e. The van der Waals surface area contributed by atoms with E-state index in [0.717, 1.165) is 53.9 Å². The molecule has 2 amide bonds. The van der Waals surface area contributed by atoms with E-state index < -0.39 is 27.7 Å². The third kappa shape index (κ3) is 7.99. The molecule has 0 spiro atoms. The topological polar surface area (TPSA) is 86.8 Å². The van der Waals surface area contributed by atoms with E-state index in [9.17, 15) is 26.8 Å². The lowest BCUT2D eigenvalue weighted by atomic mass is 10.1. The normalized spacial score (nSPS) is 14.8. The third-order valence-electron chi connectivity index (χ3n) is 6.63. The summed E-state index contributed by atoms with van der Waals surface area (Å²) in [7, 11) is -3.81. The Morgan fingerprint density at radius 2 is 1.73 bits per heavy atom. The molecule has 0 aliphatic heterocycles. The molecular weight excluding hydrogens is 500 g/mol. The maximum atomic E-state index is 13.7. The van der Waals surface area contributed by atoms with Crippen molar-refractivity contribution in [3.05, 3.63) is 65.7 Å². The molecule has 7 nitrogen and oxygen atoms in total. The quantitative estimate of drug-likeness (QED) is 0.437. The standard InChI is InChI=1S/C27H35F2N3O4S/c1-3-25(27(34)30-21-12-7-8-13-21)31(19-20-10-5-4-6-11-20)26(33)14-9-17-32(37(2,35)36)22-15-16-23(28)24(29)18-22/h4-6,10-11,15-16,18,21,25H,3,7-9,12-14,17,19H2,1-2H3,(H,30,34)/t25-/m0/s1. The number of benzene rings is 2. The summed E-state index contributed by atoms with van der Waals surface area (Å²) in [6.07, 6.45) is 5.53. The summed E-state index contributed by atoms with van der Waals surface area (Å²) in [6.45, 7) is 2.01. The number of rotatable bonds is 12. The van der Waals surface area contributed by atoms with Crippen molar-refractivity contribution in [1.29, 1.82) is 0 Å². The average Bonchev–Trinajstić information content (AvgIpc) is 3.36. The van der Waals surface area contributed by atoms with Gasteiger partial charge in [-0.25, -0.2) is 17.2 Å². The number of hydrogen-bond acceptors (Lipinski definition) is 4. The minimum absolute atomic E-state index is 0.0163. The van der Waals surface area contributed by atoms with Gasteiger partial charge >= 0.3 is 0 Å². The van der Waals surface area contributed by atoms with Gasteiger partial charge in [0.2, 0.25) is 21.8 Å². The highest BCUT2D eigenvalue weighted by Crippen LogP contribution is 2.22. The van der Waals surface area contributed by atoms with Crippen LogP contribution < -0.4 is 9.62 Å². The molecule has 0 unspecified atom stereocenters. The first-order valence-electron chi connectivity index (χ1n) is 12.7. The Morgan fingerprint density at radius 3 is 2.32 bits per heavy atom. The van der Waals surface area contributed by atoms with Crippen LogP contribution in [0.25, 0.3) is 0 Å². The van der Waals surface area contributed by atoms with Crippen LogP contribution in [-0.2, 0) is 26.2 Å². The van der Waals surface area contributed by atoms with Gasteiger partial charge in [-0.05, 0) is 43.4 Å². The summed E-state index contributed by atoms with van der Waals surface area (Å²) in [6, 6.07) is 11.7. The number of anilines is 1. The molecule has 0 bridgehead atoms. The lowest BCUT2D eigenvalue weighted by Crippen LogP contribution is -2.51. The molecule has 2 aromatic carbocycles. The van der Waals surface area contributed by atoms with Crippen molar-refractivity contribution in [3.63, 3.8) is 0 Å². The number of nitrogens with zero attached hydrogens (tertiary/aromatic N) is 2. The fraction of sp³-hybridized carbons (Fsp3) is 0.481. The Bertz CT molecular complexity index is 1170. The summed E-state index contributed by atoms with van der Waals surface area (Å²) < 4.78 is 52.8. The van der Waals surface area contributed by atoms with Gasteiger partial charge in [-0.3, -0.25) is 13.9 Å². The second-order valence-corrected chi connectivity index (χ2v) is 11.4. The van der Waals surface area contributed by atoms with Crippen LogP contribution in [0.4, 0.5) is 14.5 Å². The zero-order valence-corrected chi connectivity index (χ0v) is 22.1. The molecule has 1 atom stereocenters. The molecule has 0 heterocycles. The average molecular weight is 536 g/mol. The van der Waals surface area contributed by atoms with E-state index in [4.69, 9.17) is 0 Å². The number of halogens is 2. The van der Waals surface area contributed by atoms with E-state index in [1.807, 2.05) is 37.3 Å². The highest BCUT2D eigenvalue weighted by atomic mass is 32.2. The van der Waals surface area contributed by atoms with E-state index >= 15 is 0 Å². The van der Waals surface area contributed by atoms with Gasteiger partial charge < -0.3 is 10.2 Å². The van der Waals surface area contributed by atoms with Gasteiger partial charge in [0.25, 0.3) is 0 Å². The first kappa shape index (κ1) is 28.6. The van der Waals surface area contributed by atoms with Crippen LogP contribution in [0, 0.1) is 11.6 Å². The third-order valence-corrected chi connectivity index (χ3v) is 7.82. The van der Waals surface area contributed by atoms with Crippen molar-refractivity contribution >= 4 is 27.5 Å². The summed E-state index contributed by atoms with van der Waals surface area (Å²) in [5.74, 6) is -2.70. The van der Waals surface area contributed by atoms with Gasteiger partial charge in [0.1, 0.15) is 6.04 Å². The Labute approximate surface area is 217 Å². The Kier molecular flexibility index (Phi) is 10.0. The summed E-state index contributed by atoms with van der Waals surface area (Å²) >= 11 is 0. The summed E-state index contributed by atoms with van der Waals surface area (Å²) in [5, 5.41) is 3.09. The number of hydrogen-bond donors (Lipinski definition) is 1. The van der Waals surface area contributed by atoms with Crippen LogP contribution in [0.3, 0.4) is 0 Å². The molecule has 10 heteroatoms. The first-order chi connectivity index (χ1) is 17.6. The summed E-state index contributed by atoms with van der Waals surface area (Å²) in [5.41, 5.74) is 0.861. The molecule has 0 radical (unpaired) electrons. The second kappa shape index (κ2) is 13.0. The van der Waals surface area contributed by atoms with E-state index in [2.05, 4.69) is 5.32 Å². The number of sulfonamides is 1. The molecule has 37 heavy (non-hydrogen) atoms. The monoisotopic (exact) mass is 535 g/mol. The zero-order valence-electron chi connectivity index (χ0n) is 21.3. The minimum Gasteiger partial charge on any atom is -0.352 e. The van der Waals surface area contributed by atoms with Crippen molar-refractivity contribution in [3.8, 4) is 0 Å². The molecule has 1 N–H and O–H groups in total. The van der Waals surface area contributed by atoms with Crippen LogP contribution in [0.5, 0.6) is 0 Å². The Balaban J connectivity index is 1.74. The first-order valence-corrected chi connectivity index (χ1v) is 14.5. The number of carbonyl (C=O) groups is 2. The highest BCUT2D eigenvalue weighted by molar-refractivity contribution is 7.92. The van der Waals surface area contributed by atoms with E-state index in [1.165, 1.54) is 6.07 Å².